The van der Waals surface area contributed by atoms with Crippen molar-refractivity contribution in [2.24, 2.45) is 0 Å². The van der Waals surface area contributed by atoms with E-state index in [0.717, 1.165) is 17.7 Å². The van der Waals surface area contributed by atoms with Crippen LogP contribution in [0.2, 0.25) is 0 Å². The smallest absolute Gasteiger partial charge is 0.262 e. The van der Waals surface area contributed by atoms with Crippen molar-refractivity contribution in [2.45, 2.75) is 13.1 Å². The maximum absolute atomic E-state index is 14.1. The first-order chi connectivity index (χ1) is 12.5. The molecule has 0 fully saturated rings. The van der Waals surface area contributed by atoms with Gasteiger partial charge in [0.05, 0.1) is 16.9 Å². The van der Waals surface area contributed by atoms with Gasteiger partial charge in [-0.2, -0.15) is 0 Å². The number of carbonyl (C=O) groups excluding carboxylic acids is 1. The van der Waals surface area contributed by atoms with E-state index in [1.54, 1.807) is 18.3 Å². The molecule has 130 valence electrons. The number of rotatable bonds is 3. The highest BCUT2D eigenvalue weighted by Gasteiger charge is 2.39. The highest BCUT2D eigenvalue weighted by molar-refractivity contribution is 6.11. The summed E-state index contributed by atoms with van der Waals surface area (Å²) in [5, 5.41) is 2.99. The molecule has 26 heavy (non-hydrogen) atoms. The van der Waals surface area contributed by atoms with Gasteiger partial charge in [-0.1, -0.05) is 17.7 Å². The molecule has 1 aliphatic heterocycles. The molecule has 4 nitrogen and oxygen atoms in total. The minimum absolute atomic E-state index is 0.0971. The number of benzene rings is 2. The van der Waals surface area contributed by atoms with E-state index in [2.05, 4.69) is 10.3 Å². The quantitative estimate of drug-likeness (QED) is 0.759. The number of pyridine rings is 1. The van der Waals surface area contributed by atoms with Crippen molar-refractivity contribution in [3.63, 3.8) is 0 Å². The number of hydrogen-bond acceptors (Lipinski definition) is 3. The topological polar surface area (TPSA) is 45.2 Å². The van der Waals surface area contributed by atoms with Gasteiger partial charge in [0.15, 0.2) is 6.17 Å². The fourth-order valence-corrected chi connectivity index (χ4v) is 3.04. The molecule has 0 aliphatic carbocycles. The number of aromatic nitrogens is 1. The Morgan fingerprint density at radius 1 is 1.08 bits per heavy atom. The minimum Gasteiger partial charge on any atom is -0.357 e. The zero-order chi connectivity index (χ0) is 18.3. The van der Waals surface area contributed by atoms with Crippen molar-refractivity contribution < 1.29 is 13.6 Å². The second-order valence-corrected chi connectivity index (χ2v) is 6.12. The number of nitrogens with zero attached hydrogens (tertiary/aromatic N) is 2. The second kappa shape index (κ2) is 6.22. The highest BCUT2D eigenvalue weighted by Crippen LogP contribution is 2.37. The van der Waals surface area contributed by atoms with Crippen LogP contribution in [0.1, 0.15) is 27.8 Å². The third-order valence-electron chi connectivity index (χ3n) is 4.34. The number of aryl methyl sites for hydroxylation is 1. The van der Waals surface area contributed by atoms with Gasteiger partial charge in [0.2, 0.25) is 0 Å². The van der Waals surface area contributed by atoms with Crippen molar-refractivity contribution in [2.75, 3.05) is 10.2 Å². The normalized spacial score (nSPS) is 15.9. The molecule has 1 atom stereocenters. The van der Waals surface area contributed by atoms with Crippen molar-refractivity contribution in [3.8, 4) is 0 Å². The summed E-state index contributed by atoms with van der Waals surface area (Å²) in [5.74, 6) is -1.62. The SMILES string of the molecule is Cc1ccc(N2C(=O)c3cccnc3[C@H]2Nc2ccc(F)cc2F)cc1. The molecule has 2 aromatic carbocycles. The van der Waals surface area contributed by atoms with Gasteiger partial charge in [0, 0.05) is 18.0 Å². The maximum Gasteiger partial charge on any atom is 0.262 e. The van der Waals surface area contributed by atoms with E-state index < -0.39 is 17.8 Å². The Hall–Kier alpha value is -3.28. The Labute approximate surface area is 149 Å². The van der Waals surface area contributed by atoms with Crippen molar-refractivity contribution in [3.05, 3.63) is 89.2 Å². The van der Waals surface area contributed by atoms with Gasteiger partial charge in [0.25, 0.3) is 5.91 Å². The molecule has 0 unspecified atom stereocenters. The summed E-state index contributed by atoms with van der Waals surface area (Å²) in [4.78, 5) is 18.7. The first-order valence-electron chi connectivity index (χ1n) is 8.11. The summed E-state index contributed by atoms with van der Waals surface area (Å²) in [6, 6.07) is 14.1. The lowest BCUT2D eigenvalue weighted by Gasteiger charge is -2.26. The van der Waals surface area contributed by atoms with E-state index >= 15 is 0 Å². The predicted molar refractivity (Wildman–Crippen MR) is 94.9 cm³/mol. The molecule has 1 aliphatic rings. The van der Waals surface area contributed by atoms with Crippen LogP contribution >= 0.6 is 0 Å². The summed E-state index contributed by atoms with van der Waals surface area (Å²) < 4.78 is 27.3. The Morgan fingerprint density at radius 3 is 2.58 bits per heavy atom. The van der Waals surface area contributed by atoms with E-state index in [-0.39, 0.29) is 11.6 Å². The highest BCUT2D eigenvalue weighted by atomic mass is 19.1. The number of halogens is 2. The number of nitrogens with one attached hydrogen (secondary N) is 1. The molecule has 0 spiro atoms. The third kappa shape index (κ3) is 2.69. The van der Waals surface area contributed by atoms with E-state index in [1.165, 1.54) is 11.0 Å². The van der Waals surface area contributed by atoms with Crippen LogP contribution < -0.4 is 10.2 Å². The summed E-state index contributed by atoms with van der Waals surface area (Å²) in [6.45, 7) is 1.95. The number of fused-ring (bicyclic) bond motifs is 1. The van der Waals surface area contributed by atoms with Gasteiger partial charge in [-0.05, 0) is 43.3 Å². The van der Waals surface area contributed by atoms with E-state index in [9.17, 15) is 13.6 Å². The zero-order valence-corrected chi connectivity index (χ0v) is 13.9. The number of carbonyl (C=O) groups is 1. The van der Waals surface area contributed by atoms with Gasteiger partial charge >= 0.3 is 0 Å². The minimum atomic E-state index is -0.731. The zero-order valence-electron chi connectivity index (χ0n) is 13.9. The van der Waals surface area contributed by atoms with Crippen LogP contribution in [0, 0.1) is 18.6 Å². The molecule has 1 aromatic heterocycles. The lowest BCUT2D eigenvalue weighted by molar-refractivity contribution is 0.0993. The predicted octanol–water partition coefficient (Wildman–Crippen LogP) is 4.44. The summed E-state index contributed by atoms with van der Waals surface area (Å²) in [6.07, 6.45) is 0.891. The molecule has 4 rings (SSSR count). The van der Waals surface area contributed by atoms with Crippen LogP contribution in [0.25, 0.3) is 0 Å². The van der Waals surface area contributed by atoms with Crippen LogP contribution in [0.15, 0.2) is 60.8 Å². The van der Waals surface area contributed by atoms with Crippen molar-refractivity contribution in [1.82, 2.24) is 4.98 Å². The average molecular weight is 351 g/mol. The Balaban J connectivity index is 1.79. The number of hydrogen-bond donors (Lipinski definition) is 1. The van der Waals surface area contributed by atoms with Gasteiger partial charge in [-0.15, -0.1) is 0 Å². The Bertz CT molecular complexity index is 989. The lowest BCUT2D eigenvalue weighted by atomic mass is 10.2. The summed E-state index contributed by atoms with van der Waals surface area (Å²) in [5.41, 5.74) is 2.78. The molecule has 6 heteroatoms. The molecule has 0 saturated carbocycles. The molecule has 3 aromatic rings. The maximum atomic E-state index is 14.1. The summed E-state index contributed by atoms with van der Waals surface area (Å²) in [7, 11) is 0. The van der Waals surface area contributed by atoms with Gasteiger partial charge < -0.3 is 5.32 Å². The van der Waals surface area contributed by atoms with Crippen LogP contribution in [-0.4, -0.2) is 10.9 Å². The van der Waals surface area contributed by atoms with Crippen LogP contribution in [-0.2, 0) is 0 Å². The van der Waals surface area contributed by atoms with Crippen LogP contribution in [0.3, 0.4) is 0 Å². The first kappa shape index (κ1) is 16.2. The summed E-state index contributed by atoms with van der Waals surface area (Å²) >= 11 is 0. The lowest BCUT2D eigenvalue weighted by Crippen LogP contribution is -2.32. The molecule has 0 radical (unpaired) electrons. The standard InChI is InChI=1S/C20H15F2N3O/c1-12-4-7-14(8-5-12)25-19(18-15(20(25)26)3-2-10-23-18)24-17-9-6-13(21)11-16(17)22/h2-11,19,24H,1H3/t19-/m0/s1. The molecular weight excluding hydrogens is 336 g/mol. The molecule has 1 N–H and O–H groups in total. The van der Waals surface area contributed by atoms with Crippen LogP contribution in [0.5, 0.6) is 0 Å². The number of anilines is 2. The Morgan fingerprint density at radius 2 is 1.85 bits per heavy atom. The van der Waals surface area contributed by atoms with E-state index in [1.807, 2.05) is 31.2 Å². The number of amides is 1. The van der Waals surface area contributed by atoms with Gasteiger partial charge in [-0.3, -0.25) is 14.7 Å². The molecule has 0 bridgehead atoms. The van der Waals surface area contributed by atoms with Crippen LogP contribution in [0.4, 0.5) is 20.2 Å². The van der Waals surface area contributed by atoms with E-state index in [4.69, 9.17) is 0 Å². The average Bonchev–Trinajstić information content (AvgIpc) is 2.91. The third-order valence-corrected chi connectivity index (χ3v) is 4.34. The molecule has 1 amide bonds. The van der Waals surface area contributed by atoms with Gasteiger partial charge in [-0.25, -0.2) is 8.78 Å². The molecular formula is C20H15F2N3O. The largest absolute Gasteiger partial charge is 0.357 e. The van der Waals surface area contributed by atoms with Crippen molar-refractivity contribution >= 4 is 17.3 Å². The fraction of sp³-hybridized carbons (Fsp3) is 0.100. The molecule has 2 heterocycles. The van der Waals surface area contributed by atoms with Crippen molar-refractivity contribution in [1.29, 1.82) is 0 Å². The van der Waals surface area contributed by atoms with E-state index in [0.29, 0.717) is 16.9 Å². The fourth-order valence-electron chi connectivity index (χ4n) is 3.04. The Kier molecular flexibility index (Phi) is 3.88. The second-order valence-electron chi connectivity index (χ2n) is 6.12. The first-order valence-corrected chi connectivity index (χ1v) is 8.11. The van der Waals surface area contributed by atoms with Gasteiger partial charge in [0.1, 0.15) is 11.6 Å². The monoisotopic (exact) mass is 351 g/mol. The molecule has 0 saturated heterocycles.